The lowest BCUT2D eigenvalue weighted by Gasteiger charge is -2.09. The van der Waals surface area contributed by atoms with Crippen LogP contribution in [0, 0.1) is 5.82 Å². The lowest BCUT2D eigenvalue weighted by Crippen LogP contribution is -2.13. The van der Waals surface area contributed by atoms with Gasteiger partial charge in [-0.1, -0.05) is 11.6 Å². The molecule has 0 saturated carbocycles. The topological polar surface area (TPSA) is 67.0 Å². The van der Waals surface area contributed by atoms with Gasteiger partial charge in [0.2, 0.25) is 0 Å². The number of hydrogen-bond acceptors (Lipinski definition) is 3. The zero-order valence-electron chi connectivity index (χ0n) is 12.6. The summed E-state index contributed by atoms with van der Waals surface area (Å²) in [5.41, 5.74) is 1.95. The van der Waals surface area contributed by atoms with Gasteiger partial charge in [0.25, 0.3) is 5.91 Å². The van der Waals surface area contributed by atoms with Crippen LogP contribution in [-0.2, 0) is 0 Å². The Labute approximate surface area is 142 Å². The van der Waals surface area contributed by atoms with E-state index < -0.39 is 5.91 Å². The van der Waals surface area contributed by atoms with Crippen LogP contribution in [0.4, 0.5) is 10.1 Å². The minimum absolute atomic E-state index is 0.261. The number of ether oxygens (including phenoxy) is 1. The SMILES string of the molecule is COc1ccc(Cl)cc1NC(=O)c1cc(-c2ccc(F)cc2)n[nH]1. The molecule has 5 nitrogen and oxygen atoms in total. The molecule has 122 valence electrons. The first-order valence-electron chi connectivity index (χ1n) is 7.03. The number of rotatable bonds is 4. The van der Waals surface area contributed by atoms with Crippen LogP contribution in [0.3, 0.4) is 0 Å². The number of H-pyrrole nitrogens is 1. The molecule has 1 heterocycles. The average molecular weight is 346 g/mol. The molecule has 3 rings (SSSR count). The van der Waals surface area contributed by atoms with E-state index in [1.165, 1.54) is 19.2 Å². The number of benzene rings is 2. The van der Waals surface area contributed by atoms with E-state index in [9.17, 15) is 9.18 Å². The Bertz CT molecular complexity index is 878. The largest absolute Gasteiger partial charge is 0.495 e. The summed E-state index contributed by atoms with van der Waals surface area (Å²) in [5.74, 6) is -0.234. The van der Waals surface area contributed by atoms with E-state index in [0.29, 0.717) is 27.7 Å². The third kappa shape index (κ3) is 3.38. The first-order valence-corrected chi connectivity index (χ1v) is 7.41. The second kappa shape index (κ2) is 6.72. The molecule has 1 amide bonds. The molecule has 0 aliphatic rings. The van der Waals surface area contributed by atoms with Gasteiger partial charge in [-0.25, -0.2) is 4.39 Å². The monoisotopic (exact) mass is 345 g/mol. The van der Waals surface area contributed by atoms with Crippen LogP contribution in [0.25, 0.3) is 11.3 Å². The van der Waals surface area contributed by atoms with E-state index in [4.69, 9.17) is 16.3 Å². The van der Waals surface area contributed by atoms with Gasteiger partial charge >= 0.3 is 0 Å². The number of amides is 1. The number of carbonyl (C=O) groups is 1. The molecule has 0 atom stereocenters. The molecule has 24 heavy (non-hydrogen) atoms. The van der Waals surface area contributed by atoms with Crippen molar-refractivity contribution in [3.05, 3.63) is 65.1 Å². The number of anilines is 1. The number of methoxy groups -OCH3 is 1. The number of aromatic nitrogens is 2. The van der Waals surface area contributed by atoms with Gasteiger partial charge < -0.3 is 10.1 Å². The maximum atomic E-state index is 13.0. The zero-order chi connectivity index (χ0) is 17.1. The highest BCUT2D eigenvalue weighted by Crippen LogP contribution is 2.28. The zero-order valence-corrected chi connectivity index (χ0v) is 13.4. The predicted octanol–water partition coefficient (Wildman–Crippen LogP) is 4.13. The molecule has 7 heteroatoms. The van der Waals surface area contributed by atoms with Gasteiger partial charge in [-0.2, -0.15) is 5.10 Å². The first kappa shape index (κ1) is 16.0. The quantitative estimate of drug-likeness (QED) is 0.747. The van der Waals surface area contributed by atoms with Crippen molar-refractivity contribution in [3.63, 3.8) is 0 Å². The van der Waals surface area contributed by atoms with Crippen molar-refractivity contribution in [3.8, 4) is 17.0 Å². The number of aromatic amines is 1. The highest BCUT2D eigenvalue weighted by Gasteiger charge is 2.14. The van der Waals surface area contributed by atoms with Crippen molar-refractivity contribution in [2.75, 3.05) is 12.4 Å². The molecule has 0 fully saturated rings. The Kier molecular flexibility index (Phi) is 4.48. The van der Waals surface area contributed by atoms with Crippen molar-refractivity contribution < 1.29 is 13.9 Å². The number of nitrogens with one attached hydrogen (secondary N) is 2. The molecule has 0 unspecified atom stereocenters. The van der Waals surface area contributed by atoms with Gasteiger partial charge in [-0.3, -0.25) is 9.89 Å². The fraction of sp³-hybridized carbons (Fsp3) is 0.0588. The van der Waals surface area contributed by atoms with Crippen LogP contribution in [0.1, 0.15) is 10.5 Å². The molecule has 0 aliphatic carbocycles. The minimum Gasteiger partial charge on any atom is -0.495 e. The number of hydrogen-bond donors (Lipinski definition) is 2. The summed E-state index contributed by atoms with van der Waals surface area (Å²) in [4.78, 5) is 12.4. The van der Waals surface area contributed by atoms with E-state index in [0.717, 1.165) is 0 Å². The predicted molar refractivity (Wildman–Crippen MR) is 89.9 cm³/mol. The van der Waals surface area contributed by atoms with Crippen molar-refractivity contribution in [1.29, 1.82) is 0 Å². The first-order chi connectivity index (χ1) is 11.6. The number of halogens is 2. The Morgan fingerprint density at radius 1 is 1.21 bits per heavy atom. The van der Waals surface area contributed by atoms with Crippen LogP contribution >= 0.6 is 11.6 Å². The molecule has 2 aromatic carbocycles. The molecule has 0 bridgehead atoms. The third-order valence-corrected chi connectivity index (χ3v) is 3.61. The Hall–Kier alpha value is -2.86. The van der Waals surface area contributed by atoms with Gasteiger partial charge in [0.05, 0.1) is 18.5 Å². The summed E-state index contributed by atoms with van der Waals surface area (Å²) >= 11 is 5.94. The Balaban J connectivity index is 1.81. The lowest BCUT2D eigenvalue weighted by atomic mass is 10.1. The molecule has 0 aliphatic heterocycles. The van der Waals surface area contributed by atoms with E-state index in [1.54, 1.807) is 36.4 Å². The van der Waals surface area contributed by atoms with E-state index >= 15 is 0 Å². The molecule has 0 radical (unpaired) electrons. The molecular weight excluding hydrogens is 333 g/mol. The summed E-state index contributed by atoms with van der Waals surface area (Å²) in [6, 6.07) is 12.4. The smallest absolute Gasteiger partial charge is 0.273 e. The van der Waals surface area contributed by atoms with Crippen LogP contribution in [0.15, 0.2) is 48.5 Å². The van der Waals surface area contributed by atoms with Gasteiger partial charge in [-0.05, 0) is 48.5 Å². The van der Waals surface area contributed by atoms with Crippen LogP contribution in [-0.4, -0.2) is 23.2 Å². The summed E-state index contributed by atoms with van der Waals surface area (Å²) in [7, 11) is 1.50. The van der Waals surface area contributed by atoms with E-state index in [2.05, 4.69) is 15.5 Å². The standard InChI is InChI=1S/C17H13ClFN3O2/c1-24-16-7-4-11(18)8-14(16)20-17(23)15-9-13(21-22-15)10-2-5-12(19)6-3-10/h2-9H,1H3,(H,20,23)(H,21,22). The maximum Gasteiger partial charge on any atom is 0.273 e. The lowest BCUT2D eigenvalue weighted by molar-refractivity contribution is 0.102. The summed E-state index contributed by atoms with van der Waals surface area (Å²) < 4.78 is 18.2. The highest BCUT2D eigenvalue weighted by molar-refractivity contribution is 6.31. The minimum atomic E-state index is -0.392. The Morgan fingerprint density at radius 2 is 1.96 bits per heavy atom. The maximum absolute atomic E-state index is 13.0. The molecule has 3 aromatic rings. The highest BCUT2D eigenvalue weighted by atomic mass is 35.5. The molecule has 1 aromatic heterocycles. The van der Waals surface area contributed by atoms with Gasteiger partial charge in [0.1, 0.15) is 17.3 Å². The summed E-state index contributed by atoms with van der Waals surface area (Å²) in [6.45, 7) is 0. The van der Waals surface area contributed by atoms with E-state index in [-0.39, 0.29) is 11.5 Å². The molecule has 0 saturated heterocycles. The van der Waals surface area contributed by atoms with Crippen molar-refractivity contribution in [2.24, 2.45) is 0 Å². The fourth-order valence-corrected chi connectivity index (χ4v) is 2.35. The molecular formula is C17H13ClFN3O2. The van der Waals surface area contributed by atoms with Gasteiger partial charge in [0.15, 0.2) is 0 Å². The number of carbonyl (C=O) groups excluding carboxylic acids is 1. The summed E-state index contributed by atoms with van der Waals surface area (Å²) in [5, 5.41) is 9.92. The normalized spacial score (nSPS) is 10.5. The van der Waals surface area contributed by atoms with Gasteiger partial charge in [-0.15, -0.1) is 0 Å². The third-order valence-electron chi connectivity index (χ3n) is 3.37. The number of nitrogens with zero attached hydrogens (tertiary/aromatic N) is 1. The molecule has 2 N–H and O–H groups in total. The second-order valence-corrected chi connectivity index (χ2v) is 5.41. The van der Waals surface area contributed by atoms with Crippen LogP contribution < -0.4 is 10.1 Å². The van der Waals surface area contributed by atoms with Crippen LogP contribution in [0.5, 0.6) is 5.75 Å². The summed E-state index contributed by atoms with van der Waals surface area (Å²) in [6.07, 6.45) is 0. The van der Waals surface area contributed by atoms with Gasteiger partial charge in [0, 0.05) is 10.6 Å². The van der Waals surface area contributed by atoms with Crippen molar-refractivity contribution >= 4 is 23.2 Å². The van der Waals surface area contributed by atoms with E-state index in [1.807, 2.05) is 0 Å². The van der Waals surface area contributed by atoms with Crippen molar-refractivity contribution in [2.45, 2.75) is 0 Å². The Morgan fingerprint density at radius 3 is 2.67 bits per heavy atom. The average Bonchev–Trinajstić information content (AvgIpc) is 3.06. The second-order valence-electron chi connectivity index (χ2n) is 4.97. The molecule has 0 spiro atoms. The fourth-order valence-electron chi connectivity index (χ4n) is 2.17. The van der Waals surface area contributed by atoms with Crippen molar-refractivity contribution in [1.82, 2.24) is 10.2 Å². The van der Waals surface area contributed by atoms with Crippen LogP contribution in [0.2, 0.25) is 5.02 Å².